The van der Waals surface area contributed by atoms with Crippen LogP contribution in [0.15, 0.2) is 36.7 Å². The number of halogens is 3. The van der Waals surface area contributed by atoms with Crippen LogP contribution in [0.1, 0.15) is 36.1 Å². The third-order valence-electron chi connectivity index (χ3n) is 8.14. The summed E-state index contributed by atoms with van der Waals surface area (Å²) < 4.78 is 44.5. The molecule has 7 nitrogen and oxygen atoms in total. The van der Waals surface area contributed by atoms with Gasteiger partial charge in [-0.2, -0.15) is 13.2 Å². The molecule has 208 valence electrons. The minimum absolute atomic E-state index is 0.0491. The van der Waals surface area contributed by atoms with Crippen LogP contribution < -0.4 is 9.64 Å². The molecule has 6 rings (SSSR count). The number of ether oxygens (including phenoxy) is 1. The molecule has 1 amide bonds. The molecule has 11 heteroatoms. The van der Waals surface area contributed by atoms with Gasteiger partial charge in [-0.1, -0.05) is 12.1 Å². The molecule has 0 radical (unpaired) electrons. The largest absolute Gasteiger partial charge is 0.484 e. The normalized spacial score (nSPS) is 22.0. The number of rotatable bonds is 7. The molecule has 1 atom stereocenters. The van der Waals surface area contributed by atoms with Crippen LogP contribution in [0.5, 0.6) is 5.75 Å². The number of fused-ring (bicyclic) bond motifs is 1. The number of thiophene rings is 1. The number of anilines is 1. The zero-order valence-electron chi connectivity index (χ0n) is 21.8. The second kappa shape index (κ2) is 10.6. The molecule has 3 aliphatic rings. The molecule has 1 unspecified atom stereocenters. The number of nitrogens with zero attached hydrogens (tertiary/aromatic N) is 5. The summed E-state index contributed by atoms with van der Waals surface area (Å²) in [5.41, 5.74) is 1.36. The van der Waals surface area contributed by atoms with Crippen LogP contribution in [-0.2, 0) is 17.8 Å². The van der Waals surface area contributed by atoms with Crippen molar-refractivity contribution in [2.24, 2.45) is 5.41 Å². The Morgan fingerprint density at radius 2 is 1.79 bits per heavy atom. The molecular weight excluding hydrogens is 527 g/mol. The second-order valence-corrected chi connectivity index (χ2v) is 12.2. The van der Waals surface area contributed by atoms with E-state index in [-0.39, 0.29) is 22.8 Å². The van der Waals surface area contributed by atoms with Crippen LogP contribution in [0.25, 0.3) is 10.2 Å². The number of hydrogen-bond donors (Lipinski definition) is 0. The monoisotopic (exact) mass is 559 g/mol. The molecular formula is C28H32F3N5O2S. The van der Waals surface area contributed by atoms with Crippen molar-refractivity contribution in [1.29, 1.82) is 0 Å². The minimum Gasteiger partial charge on any atom is -0.484 e. The molecule has 0 bridgehead atoms. The van der Waals surface area contributed by atoms with Gasteiger partial charge in [0.1, 0.15) is 22.7 Å². The minimum atomic E-state index is -4.24. The van der Waals surface area contributed by atoms with Crippen molar-refractivity contribution in [2.75, 3.05) is 50.8 Å². The average molecular weight is 560 g/mol. The van der Waals surface area contributed by atoms with Crippen LogP contribution in [0.4, 0.5) is 19.0 Å². The molecule has 0 saturated carbocycles. The van der Waals surface area contributed by atoms with Gasteiger partial charge in [-0.3, -0.25) is 9.69 Å². The summed E-state index contributed by atoms with van der Waals surface area (Å²) in [5.74, 6) is 1.51. The molecule has 0 aliphatic carbocycles. The first-order valence-electron chi connectivity index (χ1n) is 13.5. The lowest BCUT2D eigenvalue weighted by atomic mass is 9.86. The third kappa shape index (κ3) is 5.99. The van der Waals surface area contributed by atoms with E-state index in [1.54, 1.807) is 6.07 Å². The summed E-state index contributed by atoms with van der Waals surface area (Å²) in [5, 5.41) is 0.720. The van der Waals surface area contributed by atoms with Gasteiger partial charge in [-0.25, -0.2) is 9.97 Å². The Balaban J connectivity index is 1.04. The van der Waals surface area contributed by atoms with Crippen molar-refractivity contribution in [3.05, 3.63) is 47.1 Å². The number of amides is 1. The Bertz CT molecular complexity index is 1320. The van der Waals surface area contributed by atoms with Gasteiger partial charge in [0.2, 0.25) is 0 Å². The smallest absolute Gasteiger partial charge is 0.393 e. The van der Waals surface area contributed by atoms with E-state index in [1.807, 2.05) is 17.0 Å². The van der Waals surface area contributed by atoms with Crippen molar-refractivity contribution >= 4 is 33.3 Å². The molecule has 3 saturated heterocycles. The number of hydrogen-bond acceptors (Lipinski definition) is 7. The molecule has 2 aromatic heterocycles. The predicted octanol–water partition coefficient (Wildman–Crippen LogP) is 4.90. The van der Waals surface area contributed by atoms with Crippen molar-refractivity contribution in [3.63, 3.8) is 0 Å². The zero-order valence-corrected chi connectivity index (χ0v) is 22.6. The van der Waals surface area contributed by atoms with Gasteiger partial charge in [0.05, 0.1) is 11.8 Å². The Morgan fingerprint density at radius 1 is 1.03 bits per heavy atom. The van der Waals surface area contributed by atoms with Crippen molar-refractivity contribution in [1.82, 2.24) is 19.8 Å². The molecule has 5 heterocycles. The van der Waals surface area contributed by atoms with Crippen molar-refractivity contribution in [3.8, 4) is 5.75 Å². The van der Waals surface area contributed by atoms with Gasteiger partial charge in [0.15, 0.2) is 6.61 Å². The Hall–Kier alpha value is -2.92. The van der Waals surface area contributed by atoms with Gasteiger partial charge in [0.25, 0.3) is 5.91 Å². The molecule has 1 spiro atoms. The lowest BCUT2D eigenvalue weighted by Gasteiger charge is -2.25. The summed E-state index contributed by atoms with van der Waals surface area (Å²) in [6.45, 7) is 6.25. The quantitative estimate of drug-likeness (QED) is 0.411. The maximum Gasteiger partial charge on any atom is 0.393 e. The van der Waals surface area contributed by atoms with Gasteiger partial charge in [0, 0.05) is 49.6 Å². The molecule has 1 aromatic carbocycles. The first-order valence-corrected chi connectivity index (χ1v) is 14.3. The van der Waals surface area contributed by atoms with E-state index in [0.29, 0.717) is 10.6 Å². The average Bonchev–Trinajstić information content (AvgIpc) is 3.70. The van der Waals surface area contributed by atoms with E-state index >= 15 is 0 Å². The van der Waals surface area contributed by atoms with Crippen molar-refractivity contribution in [2.45, 2.75) is 44.8 Å². The fourth-order valence-electron chi connectivity index (χ4n) is 6.19. The number of aromatic nitrogens is 2. The maximum atomic E-state index is 12.9. The summed E-state index contributed by atoms with van der Waals surface area (Å²) >= 11 is 1.10. The number of benzene rings is 1. The van der Waals surface area contributed by atoms with E-state index in [1.165, 1.54) is 11.9 Å². The van der Waals surface area contributed by atoms with E-state index in [0.717, 1.165) is 94.0 Å². The summed E-state index contributed by atoms with van der Waals surface area (Å²) in [4.78, 5) is 28.4. The maximum absolute atomic E-state index is 12.9. The standard InChI is InChI=1S/C28H32F3N5O2S/c29-28(30,31)14-22-13-23-25(32-19-33-26(23)39-22)36-12-8-27(18-36)7-11-34(17-27)15-20-3-5-21(6-4-20)38-16-24(37)35-9-1-2-10-35/h3-6,13,19H,1-2,7-12,14-18H2. The SMILES string of the molecule is O=C(COc1ccc(CN2CCC3(CCN(c4ncnc5sc(CC(F)(F)F)cc45)C3)C2)cc1)N1CCCC1. The van der Waals surface area contributed by atoms with Gasteiger partial charge in [-0.15, -0.1) is 11.3 Å². The highest BCUT2D eigenvalue weighted by Gasteiger charge is 2.44. The predicted molar refractivity (Wildman–Crippen MR) is 144 cm³/mol. The lowest BCUT2D eigenvalue weighted by molar-refractivity contribution is -0.132. The molecule has 3 aliphatic heterocycles. The molecule has 3 fully saturated rings. The number of carbonyl (C=O) groups excluding carboxylic acids is 1. The number of alkyl halides is 3. The van der Waals surface area contributed by atoms with Gasteiger partial charge in [-0.05, 0) is 56.0 Å². The highest BCUT2D eigenvalue weighted by Crippen LogP contribution is 2.43. The van der Waals surface area contributed by atoms with Crippen LogP contribution >= 0.6 is 11.3 Å². The first kappa shape index (κ1) is 26.3. The van der Waals surface area contributed by atoms with E-state index in [2.05, 4.69) is 31.9 Å². The van der Waals surface area contributed by atoms with Gasteiger partial charge >= 0.3 is 6.18 Å². The summed E-state index contributed by atoms with van der Waals surface area (Å²) in [7, 11) is 0. The lowest BCUT2D eigenvalue weighted by Crippen LogP contribution is -2.32. The summed E-state index contributed by atoms with van der Waals surface area (Å²) in [6.07, 6.45) is 0.554. The highest BCUT2D eigenvalue weighted by molar-refractivity contribution is 7.18. The fourth-order valence-corrected chi connectivity index (χ4v) is 7.21. The van der Waals surface area contributed by atoms with E-state index in [4.69, 9.17) is 4.74 Å². The van der Waals surface area contributed by atoms with Crippen LogP contribution in [0.3, 0.4) is 0 Å². The molecule has 3 aromatic rings. The van der Waals surface area contributed by atoms with E-state index in [9.17, 15) is 18.0 Å². The molecule has 0 N–H and O–H groups in total. The first-order chi connectivity index (χ1) is 18.8. The Morgan fingerprint density at radius 3 is 2.56 bits per heavy atom. The molecule has 39 heavy (non-hydrogen) atoms. The summed E-state index contributed by atoms with van der Waals surface area (Å²) in [6, 6.07) is 9.61. The fraction of sp³-hybridized carbons (Fsp3) is 0.536. The topological polar surface area (TPSA) is 61.8 Å². The number of carbonyl (C=O) groups is 1. The second-order valence-electron chi connectivity index (χ2n) is 11.1. The van der Waals surface area contributed by atoms with E-state index < -0.39 is 12.6 Å². The van der Waals surface area contributed by atoms with Crippen LogP contribution in [0.2, 0.25) is 0 Å². The third-order valence-corrected chi connectivity index (χ3v) is 9.18. The van der Waals surface area contributed by atoms with Crippen molar-refractivity contribution < 1.29 is 22.7 Å². The zero-order chi connectivity index (χ0) is 27.0. The van der Waals surface area contributed by atoms with Crippen LogP contribution in [-0.4, -0.2) is 77.7 Å². The van der Waals surface area contributed by atoms with Crippen LogP contribution in [0, 0.1) is 5.41 Å². The Kier molecular flexibility index (Phi) is 7.13. The number of likely N-dealkylation sites (tertiary alicyclic amines) is 2. The highest BCUT2D eigenvalue weighted by atomic mass is 32.1. The van der Waals surface area contributed by atoms with Gasteiger partial charge < -0.3 is 14.5 Å². The Labute approximate surface area is 229 Å².